The predicted octanol–water partition coefficient (Wildman–Crippen LogP) is 2.77. The lowest BCUT2D eigenvalue weighted by atomic mass is 9.82. The largest absolute Gasteiger partial charge is 0.395 e. The molecule has 0 radical (unpaired) electrons. The maximum atomic E-state index is 5.15. The predicted molar refractivity (Wildman–Crippen MR) is 54.7 cm³/mol. The van der Waals surface area contributed by atoms with Crippen LogP contribution >= 0.6 is 0 Å². The Morgan fingerprint density at radius 1 is 1.69 bits per heavy atom. The van der Waals surface area contributed by atoms with Crippen LogP contribution in [-0.2, 0) is 4.84 Å². The van der Waals surface area contributed by atoms with E-state index < -0.39 is 0 Å². The molecule has 0 N–H and O–H groups in total. The van der Waals surface area contributed by atoms with Gasteiger partial charge in [-0.1, -0.05) is 25.6 Å². The second-order valence-corrected chi connectivity index (χ2v) is 4.28. The van der Waals surface area contributed by atoms with Crippen molar-refractivity contribution < 1.29 is 4.84 Å². The first-order valence-electron chi connectivity index (χ1n) is 4.58. The topological polar surface area (TPSA) is 21.6 Å². The van der Waals surface area contributed by atoms with E-state index in [0.717, 1.165) is 6.42 Å². The van der Waals surface area contributed by atoms with Crippen molar-refractivity contribution >= 4 is 6.21 Å². The summed E-state index contributed by atoms with van der Waals surface area (Å²) in [5.41, 5.74) is 4.21. The molecule has 0 amide bonds. The van der Waals surface area contributed by atoms with E-state index in [9.17, 15) is 0 Å². The summed E-state index contributed by atoms with van der Waals surface area (Å²) in [5, 5.41) is 3.90. The quantitative estimate of drug-likeness (QED) is 0.567. The fourth-order valence-electron chi connectivity index (χ4n) is 1.48. The Bertz CT molecular complexity index is 259. The third-order valence-corrected chi connectivity index (χ3v) is 2.42. The first-order valence-corrected chi connectivity index (χ1v) is 4.58. The molecule has 0 saturated carbocycles. The lowest BCUT2D eigenvalue weighted by Gasteiger charge is -2.21. The van der Waals surface area contributed by atoms with Gasteiger partial charge in [0.2, 0.25) is 0 Å². The van der Waals surface area contributed by atoms with Crippen LogP contribution in [0.3, 0.4) is 0 Å². The Balaban J connectivity index is 2.77. The fourth-order valence-corrected chi connectivity index (χ4v) is 1.48. The monoisotopic (exact) mass is 179 g/mol. The molecule has 0 aliphatic carbocycles. The van der Waals surface area contributed by atoms with Crippen LogP contribution in [0.25, 0.3) is 0 Å². The molecule has 1 heterocycles. The average Bonchev–Trinajstić information content (AvgIpc) is 2.25. The lowest BCUT2D eigenvalue weighted by Crippen LogP contribution is -2.19. The molecule has 0 aromatic heterocycles. The summed E-state index contributed by atoms with van der Waals surface area (Å²) in [6.45, 7) is 10.7. The third kappa shape index (κ3) is 2.74. The minimum atomic E-state index is 0.110. The number of rotatable bonds is 1. The van der Waals surface area contributed by atoms with Crippen molar-refractivity contribution in [2.24, 2.45) is 16.5 Å². The van der Waals surface area contributed by atoms with Crippen molar-refractivity contribution in [3.05, 3.63) is 17.9 Å². The molecule has 0 spiro atoms. The van der Waals surface area contributed by atoms with Crippen LogP contribution < -0.4 is 0 Å². The molecule has 2 heteroatoms. The Morgan fingerprint density at radius 2 is 2.38 bits per heavy atom. The van der Waals surface area contributed by atoms with Gasteiger partial charge in [-0.3, -0.25) is 0 Å². The minimum absolute atomic E-state index is 0.110. The van der Waals surface area contributed by atoms with Gasteiger partial charge in [-0.2, -0.15) is 0 Å². The normalized spacial score (nSPS) is 25.6. The standard InChI is InChI=1S/C11H17NO/c1-5-9(2)10-6-11(3,4)8-12-13-7-10/h8,10H,1,6-7H2,2-4H3. The van der Waals surface area contributed by atoms with Crippen molar-refractivity contribution in [1.29, 1.82) is 0 Å². The lowest BCUT2D eigenvalue weighted by molar-refractivity contribution is 0.121. The van der Waals surface area contributed by atoms with E-state index in [1.54, 1.807) is 0 Å². The van der Waals surface area contributed by atoms with Crippen molar-refractivity contribution in [2.45, 2.75) is 27.2 Å². The van der Waals surface area contributed by atoms with Gasteiger partial charge < -0.3 is 4.84 Å². The summed E-state index contributed by atoms with van der Waals surface area (Å²) in [4.78, 5) is 5.15. The van der Waals surface area contributed by atoms with Gasteiger partial charge in [-0.15, -0.1) is 5.73 Å². The Labute approximate surface area is 80.0 Å². The summed E-state index contributed by atoms with van der Waals surface area (Å²) < 4.78 is 0. The molecule has 0 aromatic carbocycles. The van der Waals surface area contributed by atoms with Crippen molar-refractivity contribution in [2.75, 3.05) is 6.61 Å². The molecule has 0 fully saturated rings. The molecular weight excluding hydrogens is 162 g/mol. The van der Waals surface area contributed by atoms with Gasteiger partial charge in [0.25, 0.3) is 0 Å². The van der Waals surface area contributed by atoms with Crippen molar-refractivity contribution in [3.8, 4) is 0 Å². The Morgan fingerprint density at radius 3 is 3.00 bits per heavy atom. The highest BCUT2D eigenvalue weighted by Gasteiger charge is 2.25. The molecule has 0 saturated heterocycles. The van der Waals surface area contributed by atoms with E-state index in [2.05, 4.69) is 31.3 Å². The second-order valence-electron chi connectivity index (χ2n) is 4.28. The minimum Gasteiger partial charge on any atom is -0.395 e. The summed E-state index contributed by atoms with van der Waals surface area (Å²) in [6.07, 6.45) is 2.92. The summed E-state index contributed by atoms with van der Waals surface area (Å²) >= 11 is 0. The van der Waals surface area contributed by atoms with Crippen LogP contribution in [0.1, 0.15) is 27.2 Å². The van der Waals surface area contributed by atoms with Gasteiger partial charge in [0, 0.05) is 17.5 Å². The number of nitrogens with zero attached hydrogens (tertiary/aromatic N) is 1. The summed E-state index contributed by atoms with van der Waals surface area (Å²) in [7, 11) is 0. The number of hydrogen-bond donors (Lipinski definition) is 0. The van der Waals surface area contributed by atoms with Crippen molar-refractivity contribution in [3.63, 3.8) is 0 Å². The maximum Gasteiger partial charge on any atom is 0.124 e. The SMILES string of the molecule is C=C=C(C)C1CON=CC(C)(C)C1. The van der Waals surface area contributed by atoms with Gasteiger partial charge in [0.1, 0.15) is 6.61 Å². The first-order chi connectivity index (χ1) is 6.05. The molecule has 0 bridgehead atoms. The van der Waals surface area contributed by atoms with E-state index in [-0.39, 0.29) is 5.41 Å². The van der Waals surface area contributed by atoms with E-state index in [0.29, 0.717) is 12.5 Å². The zero-order valence-corrected chi connectivity index (χ0v) is 8.63. The van der Waals surface area contributed by atoms with Gasteiger partial charge in [0.15, 0.2) is 0 Å². The van der Waals surface area contributed by atoms with Crippen LogP contribution in [0, 0.1) is 11.3 Å². The van der Waals surface area contributed by atoms with Crippen LogP contribution in [0.2, 0.25) is 0 Å². The summed E-state index contributed by atoms with van der Waals surface area (Å²) in [6, 6.07) is 0. The highest BCUT2D eigenvalue weighted by Crippen LogP contribution is 2.29. The van der Waals surface area contributed by atoms with Crippen LogP contribution in [0.15, 0.2) is 23.0 Å². The zero-order valence-electron chi connectivity index (χ0n) is 8.63. The molecule has 72 valence electrons. The number of oxime groups is 1. The molecule has 2 nitrogen and oxygen atoms in total. The molecule has 13 heavy (non-hydrogen) atoms. The van der Waals surface area contributed by atoms with E-state index in [1.807, 2.05) is 13.1 Å². The molecule has 1 aliphatic heterocycles. The highest BCUT2D eigenvalue weighted by molar-refractivity contribution is 5.64. The van der Waals surface area contributed by atoms with Crippen LogP contribution in [0.4, 0.5) is 0 Å². The number of hydrogen-bond acceptors (Lipinski definition) is 2. The Hall–Kier alpha value is -1.01. The third-order valence-electron chi connectivity index (χ3n) is 2.42. The van der Waals surface area contributed by atoms with Gasteiger partial charge in [-0.25, -0.2) is 0 Å². The van der Waals surface area contributed by atoms with E-state index >= 15 is 0 Å². The molecule has 0 aromatic rings. The van der Waals surface area contributed by atoms with Gasteiger partial charge >= 0.3 is 0 Å². The van der Waals surface area contributed by atoms with Gasteiger partial charge in [0.05, 0.1) is 0 Å². The van der Waals surface area contributed by atoms with E-state index in [1.165, 1.54) is 5.57 Å². The highest BCUT2D eigenvalue weighted by atomic mass is 16.6. The Kier molecular flexibility index (Phi) is 2.94. The van der Waals surface area contributed by atoms with Gasteiger partial charge in [-0.05, 0) is 18.9 Å². The maximum absolute atomic E-state index is 5.15. The molecular formula is C11H17NO. The molecule has 1 atom stereocenters. The van der Waals surface area contributed by atoms with Crippen LogP contribution in [0.5, 0.6) is 0 Å². The average molecular weight is 179 g/mol. The summed E-state index contributed by atoms with van der Waals surface area (Å²) in [5.74, 6) is 0.398. The van der Waals surface area contributed by atoms with Crippen LogP contribution in [-0.4, -0.2) is 12.8 Å². The molecule has 1 rings (SSSR count). The fraction of sp³-hybridized carbons (Fsp3) is 0.636. The molecule has 1 unspecified atom stereocenters. The second kappa shape index (κ2) is 3.80. The first kappa shape index (κ1) is 10.1. The molecule has 1 aliphatic rings. The smallest absolute Gasteiger partial charge is 0.124 e. The van der Waals surface area contributed by atoms with Crippen molar-refractivity contribution in [1.82, 2.24) is 0 Å². The zero-order chi connectivity index (χ0) is 9.90. The van der Waals surface area contributed by atoms with E-state index in [4.69, 9.17) is 4.84 Å².